The van der Waals surface area contributed by atoms with Crippen molar-refractivity contribution in [1.29, 1.82) is 0 Å². The first kappa shape index (κ1) is 10.1. The van der Waals surface area contributed by atoms with Gasteiger partial charge < -0.3 is 0 Å². The van der Waals surface area contributed by atoms with Crippen molar-refractivity contribution < 1.29 is 0 Å². The summed E-state index contributed by atoms with van der Waals surface area (Å²) in [5.74, 6) is 1.82. The van der Waals surface area contributed by atoms with Gasteiger partial charge in [-0.1, -0.05) is 47.0 Å². The lowest BCUT2D eigenvalue weighted by molar-refractivity contribution is 0.164. The minimum absolute atomic E-state index is 0.635. The van der Waals surface area contributed by atoms with Crippen molar-refractivity contribution in [2.75, 3.05) is 0 Å². The van der Waals surface area contributed by atoms with Crippen LogP contribution in [0.2, 0.25) is 0 Å². The second-order valence-electron chi connectivity index (χ2n) is 5.36. The van der Waals surface area contributed by atoms with Gasteiger partial charge in [0.15, 0.2) is 0 Å². The zero-order valence-electron chi connectivity index (χ0n) is 9.19. The smallest absolute Gasteiger partial charge is 0.0300 e. The Hall–Kier alpha value is 0. The maximum Gasteiger partial charge on any atom is -0.0300 e. The van der Waals surface area contributed by atoms with E-state index in [1.807, 2.05) is 0 Å². The predicted molar refractivity (Wildman–Crippen MR) is 55.2 cm³/mol. The summed E-state index contributed by atoms with van der Waals surface area (Å²) < 4.78 is 0. The Labute approximate surface area is 77.7 Å². The maximum atomic E-state index is 2.49. The zero-order valence-corrected chi connectivity index (χ0v) is 9.19. The summed E-state index contributed by atoms with van der Waals surface area (Å²) in [7, 11) is 0. The number of hydrogen-bond donors (Lipinski definition) is 0. The van der Waals surface area contributed by atoms with Crippen molar-refractivity contribution in [1.82, 2.24) is 0 Å². The van der Waals surface area contributed by atoms with Gasteiger partial charge >= 0.3 is 0 Å². The molecule has 2 atom stereocenters. The Bertz CT molecular complexity index is 137. The van der Waals surface area contributed by atoms with Crippen LogP contribution in [-0.4, -0.2) is 0 Å². The fourth-order valence-electron chi connectivity index (χ4n) is 2.55. The first-order chi connectivity index (χ1) is 5.54. The van der Waals surface area contributed by atoms with E-state index in [2.05, 4.69) is 27.7 Å². The largest absolute Gasteiger partial charge is 0.0625 e. The molecule has 0 amide bonds. The average Bonchev–Trinajstić information content (AvgIpc) is 2.12. The molecule has 0 saturated heterocycles. The molecule has 0 aromatic carbocycles. The lowest BCUT2D eigenvalue weighted by atomic mass is 9.71. The van der Waals surface area contributed by atoms with E-state index in [1.54, 1.807) is 0 Å². The molecule has 1 saturated carbocycles. The summed E-state index contributed by atoms with van der Waals surface area (Å²) in [5.41, 5.74) is 0.635. The van der Waals surface area contributed by atoms with Crippen molar-refractivity contribution >= 4 is 0 Å². The van der Waals surface area contributed by atoms with E-state index in [4.69, 9.17) is 0 Å². The van der Waals surface area contributed by atoms with Crippen molar-refractivity contribution in [3.8, 4) is 0 Å². The molecule has 12 heavy (non-hydrogen) atoms. The van der Waals surface area contributed by atoms with Crippen LogP contribution in [0.4, 0.5) is 0 Å². The van der Waals surface area contributed by atoms with Gasteiger partial charge in [-0.2, -0.15) is 0 Å². The highest BCUT2D eigenvalue weighted by Gasteiger charge is 2.31. The van der Waals surface area contributed by atoms with Crippen LogP contribution in [0.3, 0.4) is 0 Å². The lowest BCUT2D eigenvalue weighted by Gasteiger charge is -2.34. The summed E-state index contributed by atoms with van der Waals surface area (Å²) in [6.07, 6.45) is 7.28. The van der Waals surface area contributed by atoms with Crippen LogP contribution >= 0.6 is 0 Å². The molecule has 1 aliphatic rings. The van der Waals surface area contributed by atoms with Crippen molar-refractivity contribution in [2.24, 2.45) is 17.3 Å². The lowest BCUT2D eigenvalue weighted by Crippen LogP contribution is -2.24. The van der Waals surface area contributed by atoms with E-state index in [0.29, 0.717) is 5.41 Å². The molecule has 0 heterocycles. The number of hydrogen-bond acceptors (Lipinski definition) is 0. The minimum atomic E-state index is 0.635. The van der Waals surface area contributed by atoms with E-state index in [-0.39, 0.29) is 0 Å². The predicted octanol–water partition coefficient (Wildman–Crippen LogP) is 4.25. The standard InChI is InChI=1S/C12H24/c1-10(2)12(4)8-6-5-7-11(3)9-12/h10-11H,5-9H2,1-4H3. The molecule has 1 rings (SSSR count). The normalized spacial score (nSPS) is 38.2. The Morgan fingerprint density at radius 2 is 1.92 bits per heavy atom. The minimum Gasteiger partial charge on any atom is -0.0625 e. The van der Waals surface area contributed by atoms with Gasteiger partial charge in [0.1, 0.15) is 0 Å². The Kier molecular flexibility index (Phi) is 3.20. The van der Waals surface area contributed by atoms with E-state index in [1.165, 1.54) is 32.1 Å². The monoisotopic (exact) mass is 168 g/mol. The molecule has 0 spiro atoms. The third-order valence-electron chi connectivity index (χ3n) is 3.90. The van der Waals surface area contributed by atoms with Gasteiger partial charge in [0.25, 0.3) is 0 Å². The zero-order chi connectivity index (χ0) is 9.19. The first-order valence-electron chi connectivity index (χ1n) is 5.54. The van der Waals surface area contributed by atoms with Crippen LogP contribution in [0.1, 0.15) is 59.8 Å². The molecule has 0 aromatic heterocycles. The van der Waals surface area contributed by atoms with Crippen LogP contribution in [0.5, 0.6) is 0 Å². The molecule has 0 bridgehead atoms. The van der Waals surface area contributed by atoms with Crippen LogP contribution in [-0.2, 0) is 0 Å². The molecular formula is C12H24. The van der Waals surface area contributed by atoms with Gasteiger partial charge in [-0.15, -0.1) is 0 Å². The van der Waals surface area contributed by atoms with Gasteiger partial charge in [0.05, 0.1) is 0 Å². The van der Waals surface area contributed by atoms with Gasteiger partial charge in [0.2, 0.25) is 0 Å². The highest BCUT2D eigenvalue weighted by molar-refractivity contribution is 4.82. The van der Waals surface area contributed by atoms with E-state index in [9.17, 15) is 0 Å². The molecule has 0 radical (unpaired) electrons. The molecule has 72 valence electrons. The van der Waals surface area contributed by atoms with Crippen molar-refractivity contribution in [3.05, 3.63) is 0 Å². The van der Waals surface area contributed by atoms with Gasteiger partial charge in [0, 0.05) is 0 Å². The summed E-state index contributed by atoms with van der Waals surface area (Å²) in [6.45, 7) is 9.68. The Morgan fingerprint density at radius 3 is 2.50 bits per heavy atom. The Morgan fingerprint density at radius 1 is 1.25 bits per heavy atom. The third kappa shape index (κ3) is 2.24. The van der Waals surface area contributed by atoms with Gasteiger partial charge in [-0.25, -0.2) is 0 Å². The molecule has 0 aromatic rings. The molecule has 1 fully saturated rings. The molecule has 0 N–H and O–H groups in total. The second kappa shape index (κ2) is 3.81. The fraction of sp³-hybridized carbons (Fsp3) is 1.00. The third-order valence-corrected chi connectivity index (χ3v) is 3.90. The quantitative estimate of drug-likeness (QED) is 0.513. The van der Waals surface area contributed by atoms with Crippen molar-refractivity contribution in [2.45, 2.75) is 59.8 Å². The topological polar surface area (TPSA) is 0 Å². The van der Waals surface area contributed by atoms with Crippen LogP contribution in [0, 0.1) is 17.3 Å². The van der Waals surface area contributed by atoms with E-state index >= 15 is 0 Å². The van der Waals surface area contributed by atoms with Gasteiger partial charge in [-0.05, 0) is 30.1 Å². The summed E-state index contributed by atoms with van der Waals surface area (Å²) in [5, 5.41) is 0. The van der Waals surface area contributed by atoms with E-state index < -0.39 is 0 Å². The van der Waals surface area contributed by atoms with Gasteiger partial charge in [-0.3, -0.25) is 0 Å². The highest BCUT2D eigenvalue weighted by atomic mass is 14.4. The summed E-state index contributed by atoms with van der Waals surface area (Å²) in [4.78, 5) is 0. The SMILES string of the molecule is CC1CCCCC(C)(C(C)C)C1. The second-order valence-corrected chi connectivity index (χ2v) is 5.36. The molecule has 1 aliphatic carbocycles. The summed E-state index contributed by atoms with van der Waals surface area (Å²) >= 11 is 0. The highest BCUT2D eigenvalue weighted by Crippen LogP contribution is 2.42. The molecular weight excluding hydrogens is 144 g/mol. The molecule has 0 nitrogen and oxygen atoms in total. The van der Waals surface area contributed by atoms with Crippen LogP contribution in [0.25, 0.3) is 0 Å². The van der Waals surface area contributed by atoms with Crippen LogP contribution in [0.15, 0.2) is 0 Å². The Balaban J connectivity index is 2.61. The van der Waals surface area contributed by atoms with E-state index in [0.717, 1.165) is 11.8 Å². The number of rotatable bonds is 1. The first-order valence-corrected chi connectivity index (χ1v) is 5.54. The fourth-order valence-corrected chi connectivity index (χ4v) is 2.55. The maximum absolute atomic E-state index is 2.49. The van der Waals surface area contributed by atoms with Crippen LogP contribution < -0.4 is 0 Å². The molecule has 0 heteroatoms. The molecule has 2 unspecified atom stereocenters. The van der Waals surface area contributed by atoms with Crippen molar-refractivity contribution in [3.63, 3.8) is 0 Å². The average molecular weight is 168 g/mol. The molecule has 0 aliphatic heterocycles. The summed E-state index contributed by atoms with van der Waals surface area (Å²) in [6, 6.07) is 0.